The summed E-state index contributed by atoms with van der Waals surface area (Å²) in [4.78, 5) is 0. The van der Waals surface area contributed by atoms with Gasteiger partial charge in [-0.2, -0.15) is 0 Å². The lowest BCUT2D eigenvalue weighted by atomic mass is 9.69. The van der Waals surface area contributed by atoms with Crippen LogP contribution in [-0.2, 0) is 4.74 Å². The van der Waals surface area contributed by atoms with Crippen molar-refractivity contribution in [3.8, 4) is 11.5 Å². The molecule has 3 heteroatoms. The molecule has 1 aliphatic carbocycles. The summed E-state index contributed by atoms with van der Waals surface area (Å²) >= 11 is 0. The molecule has 0 amide bonds. The summed E-state index contributed by atoms with van der Waals surface area (Å²) in [5.41, 5.74) is 5.10. The highest BCUT2D eigenvalue weighted by Crippen LogP contribution is 2.53. The van der Waals surface area contributed by atoms with Crippen molar-refractivity contribution in [2.24, 2.45) is 5.92 Å². The minimum Gasteiger partial charge on any atom is -0.504 e. The molecule has 2 atom stereocenters. The number of aromatic hydroxyl groups is 2. The molecule has 2 aliphatic rings. The van der Waals surface area contributed by atoms with Crippen LogP contribution < -0.4 is 0 Å². The summed E-state index contributed by atoms with van der Waals surface area (Å²) in [6, 6.07) is 2.02. The molecule has 0 fully saturated rings. The topological polar surface area (TPSA) is 49.7 Å². The van der Waals surface area contributed by atoms with Crippen LogP contribution in [0.5, 0.6) is 11.5 Å². The molecule has 0 radical (unpaired) electrons. The Morgan fingerprint density at radius 2 is 1.81 bits per heavy atom. The first kappa shape index (κ1) is 14.5. The van der Waals surface area contributed by atoms with Gasteiger partial charge in [0, 0.05) is 11.5 Å². The molecule has 0 saturated carbocycles. The van der Waals surface area contributed by atoms with Crippen molar-refractivity contribution in [3.05, 3.63) is 28.3 Å². The molecule has 21 heavy (non-hydrogen) atoms. The van der Waals surface area contributed by atoms with Gasteiger partial charge in [-0.25, -0.2) is 0 Å². The number of phenols is 2. The van der Waals surface area contributed by atoms with Gasteiger partial charge in [-0.15, -0.1) is 0 Å². The van der Waals surface area contributed by atoms with Crippen LogP contribution in [0.2, 0.25) is 0 Å². The van der Waals surface area contributed by atoms with Crippen LogP contribution in [0, 0.1) is 12.8 Å². The number of hydrogen-bond donors (Lipinski definition) is 2. The van der Waals surface area contributed by atoms with Crippen molar-refractivity contribution in [1.29, 1.82) is 0 Å². The maximum atomic E-state index is 10.4. The Balaban J connectivity index is 2.33. The van der Waals surface area contributed by atoms with Crippen LogP contribution in [0.25, 0.3) is 5.57 Å². The molecule has 3 nitrogen and oxygen atoms in total. The summed E-state index contributed by atoms with van der Waals surface area (Å²) in [5.74, 6) is 0.560. The summed E-state index contributed by atoms with van der Waals surface area (Å²) in [7, 11) is 0. The second-order valence-corrected chi connectivity index (χ2v) is 7.07. The molecule has 0 aromatic heterocycles. The smallest absolute Gasteiger partial charge is 0.161 e. The van der Waals surface area contributed by atoms with Crippen LogP contribution >= 0.6 is 0 Å². The molecule has 1 heterocycles. The van der Waals surface area contributed by atoms with Gasteiger partial charge < -0.3 is 14.9 Å². The molecule has 2 N–H and O–H groups in total. The van der Waals surface area contributed by atoms with Crippen molar-refractivity contribution in [1.82, 2.24) is 0 Å². The zero-order valence-electron chi connectivity index (χ0n) is 13.4. The molecular formula is C18H24O3. The van der Waals surface area contributed by atoms with Gasteiger partial charge in [-0.3, -0.25) is 0 Å². The van der Waals surface area contributed by atoms with E-state index in [1.165, 1.54) is 11.1 Å². The standard InChI is InChI=1S/C18H24O3/c1-9-7-13-14(11(3)8-21-18(13,4)5)12-6-10(2)16(19)17(20)15(9)12/h6,9,11,19-20H,7-8H2,1-5H3/t9-,11+/m1/s1. The van der Waals surface area contributed by atoms with E-state index in [2.05, 4.69) is 27.7 Å². The fourth-order valence-corrected chi connectivity index (χ4v) is 3.84. The lowest BCUT2D eigenvalue weighted by Crippen LogP contribution is -2.38. The second kappa shape index (κ2) is 4.51. The third-order valence-electron chi connectivity index (χ3n) is 5.04. The van der Waals surface area contributed by atoms with Gasteiger partial charge in [-0.1, -0.05) is 13.8 Å². The number of aryl methyl sites for hydroxylation is 1. The van der Waals surface area contributed by atoms with Crippen molar-refractivity contribution in [2.75, 3.05) is 6.61 Å². The van der Waals surface area contributed by atoms with Gasteiger partial charge in [0.1, 0.15) is 0 Å². The molecule has 0 unspecified atom stereocenters. The van der Waals surface area contributed by atoms with Gasteiger partial charge in [0.05, 0.1) is 12.2 Å². The molecule has 0 saturated heterocycles. The monoisotopic (exact) mass is 288 g/mol. The van der Waals surface area contributed by atoms with E-state index in [0.717, 1.165) is 23.1 Å². The van der Waals surface area contributed by atoms with Crippen LogP contribution in [0.3, 0.4) is 0 Å². The van der Waals surface area contributed by atoms with E-state index >= 15 is 0 Å². The maximum absolute atomic E-state index is 10.4. The molecule has 114 valence electrons. The fourth-order valence-electron chi connectivity index (χ4n) is 3.84. The van der Waals surface area contributed by atoms with Gasteiger partial charge >= 0.3 is 0 Å². The maximum Gasteiger partial charge on any atom is 0.161 e. The normalized spacial score (nSPS) is 27.3. The molecule has 1 aromatic carbocycles. The Morgan fingerprint density at radius 3 is 2.48 bits per heavy atom. The van der Waals surface area contributed by atoms with E-state index in [0.29, 0.717) is 12.5 Å². The number of benzene rings is 1. The average molecular weight is 288 g/mol. The van der Waals surface area contributed by atoms with Gasteiger partial charge in [0.25, 0.3) is 0 Å². The highest BCUT2D eigenvalue weighted by molar-refractivity contribution is 5.80. The Labute approximate surface area is 126 Å². The molecule has 0 bridgehead atoms. The molecule has 1 aliphatic heterocycles. The van der Waals surface area contributed by atoms with E-state index in [-0.39, 0.29) is 23.0 Å². The van der Waals surface area contributed by atoms with Crippen LogP contribution in [0.15, 0.2) is 11.6 Å². The van der Waals surface area contributed by atoms with E-state index in [9.17, 15) is 10.2 Å². The van der Waals surface area contributed by atoms with Crippen molar-refractivity contribution in [2.45, 2.75) is 52.6 Å². The van der Waals surface area contributed by atoms with E-state index in [1.54, 1.807) is 0 Å². The predicted octanol–water partition coefficient (Wildman–Crippen LogP) is 4.11. The van der Waals surface area contributed by atoms with E-state index < -0.39 is 0 Å². The predicted molar refractivity (Wildman–Crippen MR) is 83.7 cm³/mol. The van der Waals surface area contributed by atoms with Crippen LogP contribution in [-0.4, -0.2) is 22.4 Å². The zero-order valence-corrected chi connectivity index (χ0v) is 13.4. The SMILES string of the molecule is Cc1cc2c(c(O)c1O)[C@H](C)CC1=C2[C@@H](C)COC1(C)C. The van der Waals surface area contributed by atoms with Crippen molar-refractivity contribution >= 4 is 5.57 Å². The first-order valence-electron chi connectivity index (χ1n) is 7.67. The number of phenolic OH excluding ortho intramolecular Hbond substituents is 2. The van der Waals surface area contributed by atoms with Crippen molar-refractivity contribution in [3.63, 3.8) is 0 Å². The molecule has 1 aromatic rings. The third kappa shape index (κ3) is 1.98. The van der Waals surface area contributed by atoms with E-state index in [4.69, 9.17) is 4.74 Å². The Kier molecular flexibility index (Phi) is 3.10. The lowest BCUT2D eigenvalue weighted by Gasteiger charge is -2.43. The fraction of sp³-hybridized carbons (Fsp3) is 0.556. The second-order valence-electron chi connectivity index (χ2n) is 7.07. The van der Waals surface area contributed by atoms with Crippen LogP contribution in [0.4, 0.5) is 0 Å². The molecule has 0 spiro atoms. The van der Waals surface area contributed by atoms with E-state index in [1.807, 2.05) is 13.0 Å². The minimum atomic E-state index is -0.255. The first-order chi connectivity index (χ1) is 9.74. The summed E-state index contributed by atoms with van der Waals surface area (Å²) in [5, 5.41) is 20.5. The average Bonchev–Trinajstić information content (AvgIpc) is 2.40. The number of rotatable bonds is 0. The number of hydrogen-bond acceptors (Lipinski definition) is 3. The van der Waals surface area contributed by atoms with Crippen LogP contribution in [0.1, 0.15) is 56.7 Å². The van der Waals surface area contributed by atoms with Gasteiger partial charge in [0.2, 0.25) is 0 Å². The van der Waals surface area contributed by atoms with Gasteiger partial charge in [-0.05, 0) is 61.4 Å². The van der Waals surface area contributed by atoms with Crippen molar-refractivity contribution < 1.29 is 14.9 Å². The Morgan fingerprint density at radius 1 is 1.14 bits per heavy atom. The minimum absolute atomic E-state index is 0.0172. The quantitative estimate of drug-likeness (QED) is 0.706. The number of ether oxygens (including phenoxy) is 1. The van der Waals surface area contributed by atoms with Gasteiger partial charge in [0.15, 0.2) is 11.5 Å². The largest absolute Gasteiger partial charge is 0.504 e. The summed E-state index contributed by atoms with van der Waals surface area (Å²) in [6.07, 6.45) is 0.871. The lowest BCUT2D eigenvalue weighted by molar-refractivity contribution is -0.0121. The molecule has 3 rings (SSSR count). The highest BCUT2D eigenvalue weighted by Gasteiger charge is 2.40. The first-order valence-corrected chi connectivity index (χ1v) is 7.67. The summed E-state index contributed by atoms with van der Waals surface area (Å²) < 4.78 is 6.02. The molecular weight excluding hydrogens is 264 g/mol. The summed E-state index contributed by atoms with van der Waals surface area (Å²) in [6.45, 7) is 11.1. The number of fused-ring (bicyclic) bond motifs is 2. The zero-order chi connectivity index (χ0) is 15.5. The Bertz CT molecular complexity index is 640. The third-order valence-corrected chi connectivity index (χ3v) is 5.04. The Hall–Kier alpha value is -1.48. The highest BCUT2D eigenvalue weighted by atomic mass is 16.5.